The molecule has 7 heteroatoms. The van der Waals surface area contributed by atoms with E-state index >= 15 is 0 Å². The average molecular weight is 536 g/mol. The van der Waals surface area contributed by atoms with Gasteiger partial charge in [-0.15, -0.1) is 0 Å². The van der Waals surface area contributed by atoms with Crippen molar-refractivity contribution in [3.05, 3.63) is 60.1 Å². The molecule has 4 rings (SSSR count). The number of para-hydroxylation sites is 1. The number of nitrogens with zero attached hydrogens (tertiary/aromatic N) is 2. The summed E-state index contributed by atoms with van der Waals surface area (Å²) in [6, 6.07) is 8.57. The highest BCUT2D eigenvalue weighted by Crippen LogP contribution is 2.21. The van der Waals surface area contributed by atoms with Gasteiger partial charge in [0.15, 0.2) is 0 Å². The zero-order chi connectivity index (χ0) is 28.0. The minimum atomic E-state index is -0.0848. The van der Waals surface area contributed by atoms with E-state index in [4.69, 9.17) is 4.74 Å². The molecule has 1 aromatic carbocycles. The molecular formula is C32H49N5O2. The lowest BCUT2D eigenvalue weighted by Gasteiger charge is -2.33. The number of carbonyl (C=O) groups is 1. The molecule has 2 unspecified atom stereocenters. The number of benzene rings is 1. The number of allylic oxidation sites excluding steroid dienone is 1. The predicted octanol–water partition coefficient (Wildman–Crippen LogP) is 5.95. The average Bonchev–Trinajstić information content (AvgIpc) is 3.37. The van der Waals surface area contributed by atoms with Crippen molar-refractivity contribution < 1.29 is 9.53 Å². The SMILES string of the molecule is C=C(/N=C\C(=C/C)C(=O)NC(C)CC)N1CCC(CNCc2c[nH]c3ccccc23)CC1.CC1CCCCO1. The number of aromatic nitrogens is 1. The van der Waals surface area contributed by atoms with Crippen LogP contribution in [0.4, 0.5) is 0 Å². The molecule has 0 radical (unpaired) electrons. The van der Waals surface area contributed by atoms with Crippen molar-refractivity contribution in [3.63, 3.8) is 0 Å². The van der Waals surface area contributed by atoms with Crippen molar-refractivity contribution >= 4 is 23.0 Å². The third-order valence-corrected chi connectivity index (χ3v) is 7.73. The molecule has 2 fully saturated rings. The molecule has 7 nitrogen and oxygen atoms in total. The van der Waals surface area contributed by atoms with Crippen LogP contribution in [0.1, 0.15) is 71.8 Å². The first-order valence-corrected chi connectivity index (χ1v) is 14.7. The monoisotopic (exact) mass is 535 g/mol. The number of aromatic amines is 1. The van der Waals surface area contributed by atoms with E-state index in [-0.39, 0.29) is 11.9 Å². The molecule has 2 saturated heterocycles. The maximum Gasteiger partial charge on any atom is 0.252 e. The quantitative estimate of drug-likeness (QED) is 0.259. The summed E-state index contributed by atoms with van der Waals surface area (Å²) in [5.41, 5.74) is 3.08. The van der Waals surface area contributed by atoms with Crippen molar-refractivity contribution in [1.29, 1.82) is 0 Å². The smallest absolute Gasteiger partial charge is 0.252 e. The van der Waals surface area contributed by atoms with Crippen LogP contribution in [0.5, 0.6) is 0 Å². The van der Waals surface area contributed by atoms with E-state index in [9.17, 15) is 4.79 Å². The van der Waals surface area contributed by atoms with Crippen molar-refractivity contribution in [2.45, 2.75) is 84.9 Å². The Morgan fingerprint density at radius 1 is 1.26 bits per heavy atom. The van der Waals surface area contributed by atoms with E-state index < -0.39 is 0 Å². The molecule has 0 spiro atoms. The Labute approximate surface area is 235 Å². The van der Waals surface area contributed by atoms with Gasteiger partial charge in [0.1, 0.15) is 5.82 Å². The first kappa shape index (κ1) is 30.6. The van der Waals surface area contributed by atoms with Gasteiger partial charge in [-0.3, -0.25) is 4.79 Å². The lowest BCUT2D eigenvalue weighted by atomic mass is 9.97. The molecule has 2 aliphatic heterocycles. The Kier molecular flexibility index (Phi) is 12.8. The first-order chi connectivity index (χ1) is 18.9. The van der Waals surface area contributed by atoms with Gasteiger partial charge in [-0.2, -0.15) is 0 Å². The van der Waals surface area contributed by atoms with E-state index in [0.717, 1.165) is 57.9 Å². The Morgan fingerprint density at radius 2 is 2.03 bits per heavy atom. The van der Waals surface area contributed by atoms with Crippen LogP contribution in [0.3, 0.4) is 0 Å². The number of carbonyl (C=O) groups excluding carboxylic acids is 1. The first-order valence-electron chi connectivity index (χ1n) is 14.7. The molecule has 2 aromatic rings. The van der Waals surface area contributed by atoms with Crippen LogP contribution >= 0.6 is 0 Å². The number of likely N-dealkylation sites (tertiary alicyclic amines) is 1. The van der Waals surface area contributed by atoms with E-state index in [2.05, 4.69) is 76.4 Å². The summed E-state index contributed by atoms with van der Waals surface area (Å²) in [5.74, 6) is 1.30. The number of amides is 1. The van der Waals surface area contributed by atoms with Crippen molar-refractivity contribution in [2.75, 3.05) is 26.2 Å². The number of hydrogen-bond acceptors (Lipinski definition) is 5. The lowest BCUT2D eigenvalue weighted by molar-refractivity contribution is -0.117. The minimum absolute atomic E-state index is 0.0848. The Balaban J connectivity index is 0.000000520. The third-order valence-electron chi connectivity index (χ3n) is 7.73. The molecule has 2 atom stereocenters. The van der Waals surface area contributed by atoms with Gasteiger partial charge >= 0.3 is 0 Å². The molecule has 0 aliphatic carbocycles. The normalized spacial score (nSPS) is 19.5. The van der Waals surface area contributed by atoms with Gasteiger partial charge in [0.05, 0.1) is 11.7 Å². The van der Waals surface area contributed by atoms with Gasteiger partial charge in [0.2, 0.25) is 0 Å². The molecule has 3 heterocycles. The predicted molar refractivity (Wildman–Crippen MR) is 163 cm³/mol. The maximum absolute atomic E-state index is 12.3. The van der Waals surface area contributed by atoms with Gasteiger partial charge < -0.3 is 25.3 Å². The summed E-state index contributed by atoms with van der Waals surface area (Å²) < 4.78 is 5.28. The number of nitrogens with one attached hydrogen (secondary N) is 3. The van der Waals surface area contributed by atoms with E-state index in [1.54, 1.807) is 12.3 Å². The third kappa shape index (κ3) is 9.97. The summed E-state index contributed by atoms with van der Waals surface area (Å²) >= 11 is 0. The van der Waals surface area contributed by atoms with Crippen molar-refractivity contribution in [3.8, 4) is 0 Å². The van der Waals surface area contributed by atoms with E-state index in [1.165, 1.54) is 35.7 Å². The van der Waals surface area contributed by atoms with Crippen LogP contribution in [-0.2, 0) is 16.1 Å². The zero-order valence-corrected chi connectivity index (χ0v) is 24.5. The maximum atomic E-state index is 12.3. The summed E-state index contributed by atoms with van der Waals surface area (Å²) in [6.07, 6.45) is 13.1. The Hall–Kier alpha value is -2.90. The van der Waals surface area contributed by atoms with E-state index in [1.807, 2.05) is 13.8 Å². The van der Waals surface area contributed by atoms with Crippen LogP contribution in [0, 0.1) is 5.92 Å². The van der Waals surface area contributed by atoms with E-state index in [0.29, 0.717) is 17.6 Å². The lowest BCUT2D eigenvalue weighted by Crippen LogP contribution is -2.36. The number of aliphatic imine (C=N–C) groups is 1. The van der Waals surface area contributed by atoms with Crippen LogP contribution in [0.15, 0.2) is 59.5 Å². The molecule has 1 amide bonds. The molecule has 1 aromatic heterocycles. The standard InChI is InChI=1S/C26H37N5O.C6H12O/c1-5-19(3)30-26(32)22(6-2)17-28-20(4)31-13-11-21(12-14-31)15-27-16-23-18-29-25-10-8-7-9-24(23)25;1-6-4-2-3-5-7-6/h6-10,17-19,21,27,29H,4-5,11-16H2,1-3H3,(H,30,32);6H,2-5H2,1H3/b22-6+,28-17-;. The highest BCUT2D eigenvalue weighted by atomic mass is 16.5. The van der Waals surface area contributed by atoms with Gasteiger partial charge in [-0.05, 0) is 83.4 Å². The number of rotatable bonds is 10. The van der Waals surface area contributed by atoms with Crippen molar-refractivity contribution in [2.24, 2.45) is 10.9 Å². The summed E-state index contributed by atoms with van der Waals surface area (Å²) in [5, 5.41) is 7.90. The minimum Gasteiger partial charge on any atom is -0.379 e. The second kappa shape index (κ2) is 16.3. The Morgan fingerprint density at radius 3 is 2.67 bits per heavy atom. The fraction of sp³-hybridized carbons (Fsp3) is 0.562. The number of ether oxygens (including phenoxy) is 1. The van der Waals surface area contributed by atoms with Gasteiger partial charge in [0, 0.05) is 55.6 Å². The zero-order valence-electron chi connectivity index (χ0n) is 24.5. The van der Waals surface area contributed by atoms with Crippen LogP contribution in [0.25, 0.3) is 10.9 Å². The van der Waals surface area contributed by atoms with Gasteiger partial charge in [0.25, 0.3) is 5.91 Å². The molecule has 3 N–H and O–H groups in total. The second-order valence-corrected chi connectivity index (χ2v) is 10.8. The van der Waals surface area contributed by atoms with Crippen LogP contribution in [-0.4, -0.2) is 60.4 Å². The van der Waals surface area contributed by atoms with Crippen LogP contribution in [0.2, 0.25) is 0 Å². The molecule has 2 aliphatic rings. The highest BCUT2D eigenvalue weighted by Gasteiger charge is 2.20. The summed E-state index contributed by atoms with van der Waals surface area (Å²) in [7, 11) is 0. The molecule has 39 heavy (non-hydrogen) atoms. The number of H-pyrrole nitrogens is 1. The summed E-state index contributed by atoms with van der Waals surface area (Å²) in [4.78, 5) is 22.3. The number of piperidine rings is 1. The van der Waals surface area contributed by atoms with Gasteiger partial charge in [-0.1, -0.05) is 37.8 Å². The fourth-order valence-electron chi connectivity index (χ4n) is 4.88. The summed E-state index contributed by atoms with van der Waals surface area (Å²) in [6.45, 7) is 16.9. The number of fused-ring (bicyclic) bond motifs is 1. The molecular weight excluding hydrogens is 486 g/mol. The molecule has 0 saturated carbocycles. The fourth-order valence-corrected chi connectivity index (χ4v) is 4.88. The second-order valence-electron chi connectivity index (χ2n) is 10.8. The molecule has 214 valence electrons. The highest BCUT2D eigenvalue weighted by molar-refractivity contribution is 6.12. The topological polar surface area (TPSA) is 81.8 Å². The number of hydrogen-bond donors (Lipinski definition) is 3. The van der Waals surface area contributed by atoms with Gasteiger partial charge in [-0.25, -0.2) is 4.99 Å². The Bertz CT molecular complexity index is 1090. The van der Waals surface area contributed by atoms with Crippen LogP contribution < -0.4 is 10.6 Å². The van der Waals surface area contributed by atoms with Crippen molar-refractivity contribution in [1.82, 2.24) is 20.5 Å². The molecule has 0 bridgehead atoms. The largest absolute Gasteiger partial charge is 0.379 e.